The summed E-state index contributed by atoms with van der Waals surface area (Å²) in [4.78, 5) is 27.8. The van der Waals surface area contributed by atoms with Gasteiger partial charge in [0.2, 0.25) is 0 Å². The standard InChI is InChI=1S/C20H25N4O7PS/c1-3-11-28-19(25)14(2)23-32(27,31-15-7-5-4-6-8-15)29-12-18-30-17(13-33-18)24-10-9-16(21)22-20(24)26/h3-10,14,17-18H,1,11-13H2,2H3,(H,23,27)(H2,21,22,26)/t14-,17-,18+,32-/m0/s1. The van der Waals surface area contributed by atoms with E-state index in [2.05, 4.69) is 16.7 Å². The molecule has 1 aliphatic rings. The predicted molar refractivity (Wildman–Crippen MR) is 124 cm³/mol. The third-order valence-electron chi connectivity index (χ3n) is 4.29. The summed E-state index contributed by atoms with van der Waals surface area (Å²) >= 11 is 1.37. The van der Waals surface area contributed by atoms with Gasteiger partial charge in [-0.3, -0.25) is 13.9 Å². The van der Waals surface area contributed by atoms with Crippen LogP contribution in [0.15, 0.2) is 60.0 Å². The van der Waals surface area contributed by atoms with E-state index in [4.69, 9.17) is 24.3 Å². The maximum atomic E-state index is 13.4. The van der Waals surface area contributed by atoms with E-state index < -0.39 is 37.1 Å². The van der Waals surface area contributed by atoms with E-state index in [9.17, 15) is 14.2 Å². The van der Waals surface area contributed by atoms with Crippen LogP contribution in [-0.4, -0.2) is 46.0 Å². The van der Waals surface area contributed by atoms with Crippen LogP contribution in [0.3, 0.4) is 0 Å². The maximum absolute atomic E-state index is 13.4. The predicted octanol–water partition coefficient (Wildman–Crippen LogP) is 2.32. The second kappa shape index (κ2) is 11.5. The zero-order chi connectivity index (χ0) is 23.8. The van der Waals surface area contributed by atoms with Crippen molar-refractivity contribution in [2.24, 2.45) is 0 Å². The van der Waals surface area contributed by atoms with Crippen LogP contribution in [0.1, 0.15) is 13.2 Å². The minimum atomic E-state index is -4.01. The van der Waals surface area contributed by atoms with Crippen molar-refractivity contribution in [2.45, 2.75) is 24.6 Å². The van der Waals surface area contributed by atoms with Gasteiger partial charge in [-0.25, -0.2) is 9.36 Å². The number of carbonyl (C=O) groups excluding carboxylic acids is 1. The first kappa shape index (κ1) is 25.0. The lowest BCUT2D eigenvalue weighted by molar-refractivity contribution is -0.144. The Morgan fingerprint density at radius 2 is 2.21 bits per heavy atom. The van der Waals surface area contributed by atoms with Crippen LogP contribution in [0, 0.1) is 0 Å². The summed E-state index contributed by atoms with van der Waals surface area (Å²) in [7, 11) is -4.01. The molecular weight excluding hydrogens is 471 g/mol. The fourth-order valence-corrected chi connectivity index (χ4v) is 5.33. The van der Waals surface area contributed by atoms with Gasteiger partial charge in [0, 0.05) is 11.9 Å². The zero-order valence-electron chi connectivity index (χ0n) is 17.9. The number of nitrogens with one attached hydrogen (secondary N) is 1. The summed E-state index contributed by atoms with van der Waals surface area (Å²) in [6.45, 7) is 4.85. The molecule has 1 fully saturated rings. The van der Waals surface area contributed by atoms with Gasteiger partial charge in [0.1, 0.15) is 35.9 Å². The van der Waals surface area contributed by atoms with Crippen molar-refractivity contribution in [2.75, 3.05) is 24.7 Å². The van der Waals surface area contributed by atoms with E-state index in [1.807, 2.05) is 0 Å². The second-order valence-corrected chi connectivity index (χ2v) is 9.75. The Hall–Kier alpha value is -2.63. The number of hydrogen-bond donors (Lipinski definition) is 2. The summed E-state index contributed by atoms with van der Waals surface area (Å²) in [5, 5.41) is 2.59. The summed E-state index contributed by atoms with van der Waals surface area (Å²) < 4.78 is 36.8. The van der Waals surface area contributed by atoms with Gasteiger partial charge in [-0.2, -0.15) is 10.1 Å². The first-order valence-electron chi connectivity index (χ1n) is 9.96. The molecular formula is C20H25N4O7PS. The number of ether oxygens (including phenoxy) is 2. The van der Waals surface area contributed by atoms with E-state index in [1.165, 1.54) is 41.6 Å². The van der Waals surface area contributed by atoms with Crippen LogP contribution in [0.5, 0.6) is 5.75 Å². The zero-order valence-corrected chi connectivity index (χ0v) is 19.6. The summed E-state index contributed by atoms with van der Waals surface area (Å²) in [6.07, 6.45) is 2.34. The number of aromatic nitrogens is 2. The molecule has 0 unspecified atom stereocenters. The van der Waals surface area contributed by atoms with E-state index in [1.54, 1.807) is 30.3 Å². The molecule has 2 aromatic rings. The molecule has 0 bridgehead atoms. The van der Waals surface area contributed by atoms with Crippen molar-refractivity contribution in [3.05, 3.63) is 65.7 Å². The molecule has 1 aliphatic heterocycles. The van der Waals surface area contributed by atoms with Crippen molar-refractivity contribution < 1.29 is 27.9 Å². The number of benzene rings is 1. The van der Waals surface area contributed by atoms with Crippen molar-refractivity contribution >= 4 is 31.3 Å². The largest absolute Gasteiger partial charge is 0.460 e. The highest BCUT2D eigenvalue weighted by Gasteiger charge is 2.35. The number of thioether (sulfide) groups is 1. The average molecular weight is 496 g/mol. The number of hydrogen-bond acceptors (Lipinski definition) is 10. The van der Waals surface area contributed by atoms with Gasteiger partial charge in [-0.05, 0) is 25.1 Å². The topological polar surface area (TPSA) is 144 Å². The summed E-state index contributed by atoms with van der Waals surface area (Å²) in [5.41, 5.74) is 4.44. The Morgan fingerprint density at radius 3 is 2.91 bits per heavy atom. The Labute approximate surface area is 194 Å². The van der Waals surface area contributed by atoms with E-state index in [-0.39, 0.29) is 24.8 Å². The Bertz CT molecular complexity index is 1070. The number of esters is 1. The summed E-state index contributed by atoms with van der Waals surface area (Å²) in [5.74, 6) is 0.211. The normalized spacial score (nSPS) is 20.5. The smallest absolute Gasteiger partial charge is 0.459 e. The van der Waals surface area contributed by atoms with Gasteiger partial charge in [0.15, 0.2) is 0 Å². The van der Waals surface area contributed by atoms with Gasteiger partial charge in [0.25, 0.3) is 0 Å². The number of rotatable bonds is 11. The molecule has 0 spiro atoms. The molecule has 13 heteroatoms. The van der Waals surface area contributed by atoms with Crippen molar-refractivity contribution in [3.63, 3.8) is 0 Å². The SMILES string of the molecule is C=CCOC(=O)[C@H](C)N[P@](=O)(OC[C@@H]1O[C@H](n2ccc(N)nc2=O)CS1)Oc1ccccc1. The summed E-state index contributed by atoms with van der Waals surface area (Å²) in [6, 6.07) is 8.92. The van der Waals surface area contributed by atoms with Crippen LogP contribution in [0.4, 0.5) is 5.82 Å². The van der Waals surface area contributed by atoms with Gasteiger partial charge in [-0.1, -0.05) is 30.9 Å². The monoisotopic (exact) mass is 496 g/mol. The van der Waals surface area contributed by atoms with Crippen molar-refractivity contribution in [1.29, 1.82) is 0 Å². The van der Waals surface area contributed by atoms with Crippen molar-refractivity contribution in [3.8, 4) is 5.75 Å². The second-order valence-electron chi connectivity index (χ2n) is 6.86. The number of carbonyl (C=O) groups is 1. The highest BCUT2D eigenvalue weighted by atomic mass is 32.2. The molecule has 1 saturated heterocycles. The lowest BCUT2D eigenvalue weighted by atomic mass is 10.3. The number of nitrogens with zero attached hydrogens (tertiary/aromatic N) is 2. The van der Waals surface area contributed by atoms with E-state index in [0.29, 0.717) is 5.75 Å². The van der Waals surface area contributed by atoms with Gasteiger partial charge < -0.3 is 19.7 Å². The molecule has 1 aromatic heterocycles. The van der Waals surface area contributed by atoms with E-state index >= 15 is 0 Å². The Morgan fingerprint density at radius 1 is 1.45 bits per heavy atom. The molecule has 11 nitrogen and oxygen atoms in total. The molecule has 0 amide bonds. The van der Waals surface area contributed by atoms with Crippen LogP contribution >= 0.6 is 19.5 Å². The highest BCUT2D eigenvalue weighted by Crippen LogP contribution is 2.46. The molecule has 2 heterocycles. The van der Waals surface area contributed by atoms with Gasteiger partial charge in [0.05, 0.1) is 6.61 Å². The van der Waals surface area contributed by atoms with Crippen LogP contribution in [0.25, 0.3) is 0 Å². The minimum Gasteiger partial charge on any atom is -0.460 e. The quantitative estimate of drug-likeness (QED) is 0.269. The molecule has 0 saturated carbocycles. The van der Waals surface area contributed by atoms with Gasteiger partial charge in [-0.15, -0.1) is 11.8 Å². The molecule has 0 aliphatic carbocycles. The molecule has 4 atom stereocenters. The average Bonchev–Trinajstić information content (AvgIpc) is 3.25. The first-order valence-corrected chi connectivity index (χ1v) is 12.5. The Balaban J connectivity index is 1.65. The van der Waals surface area contributed by atoms with E-state index in [0.717, 1.165) is 0 Å². The third-order valence-corrected chi connectivity index (χ3v) is 7.03. The number of anilines is 1. The first-order chi connectivity index (χ1) is 15.8. The lowest BCUT2D eigenvalue weighted by Crippen LogP contribution is -2.35. The minimum absolute atomic E-state index is 0.0167. The third kappa shape index (κ3) is 7.18. The number of nitrogen functional groups attached to an aromatic ring is 1. The molecule has 3 rings (SSSR count). The fourth-order valence-electron chi connectivity index (χ4n) is 2.75. The molecule has 0 radical (unpaired) electrons. The van der Waals surface area contributed by atoms with Crippen LogP contribution < -0.4 is 21.0 Å². The number of para-hydroxylation sites is 1. The molecule has 1 aromatic carbocycles. The Kier molecular flexibility index (Phi) is 8.70. The fraction of sp³-hybridized carbons (Fsp3) is 0.350. The maximum Gasteiger partial charge on any atom is 0.459 e. The highest BCUT2D eigenvalue weighted by molar-refractivity contribution is 8.00. The molecule has 3 N–H and O–H groups in total. The molecule has 178 valence electrons. The number of nitrogens with two attached hydrogens (primary N) is 1. The van der Waals surface area contributed by atoms with Crippen molar-refractivity contribution in [1.82, 2.24) is 14.6 Å². The van der Waals surface area contributed by atoms with Crippen LogP contribution in [0.2, 0.25) is 0 Å². The van der Waals surface area contributed by atoms with Crippen LogP contribution in [-0.2, 0) is 23.4 Å². The molecule has 33 heavy (non-hydrogen) atoms. The van der Waals surface area contributed by atoms with Gasteiger partial charge >= 0.3 is 19.4 Å². The lowest BCUT2D eigenvalue weighted by Gasteiger charge is -2.24.